The van der Waals surface area contributed by atoms with E-state index >= 15 is 0 Å². The average Bonchev–Trinajstić information content (AvgIpc) is 2.53. The summed E-state index contributed by atoms with van der Waals surface area (Å²) in [5.41, 5.74) is 1.86. The Morgan fingerprint density at radius 3 is 3.00 bits per heavy atom. The minimum Gasteiger partial charge on any atom is -0.494 e. The van der Waals surface area contributed by atoms with Gasteiger partial charge in [-0.3, -0.25) is 4.79 Å². The van der Waals surface area contributed by atoms with Gasteiger partial charge in [-0.15, -0.1) is 0 Å². The molecule has 0 saturated heterocycles. The number of anilines is 1. The van der Waals surface area contributed by atoms with Crippen LogP contribution in [-0.2, 0) is 4.79 Å². The Morgan fingerprint density at radius 2 is 2.33 bits per heavy atom. The van der Waals surface area contributed by atoms with Crippen LogP contribution >= 0.6 is 12.6 Å². The van der Waals surface area contributed by atoms with Crippen molar-refractivity contribution in [2.45, 2.75) is 12.8 Å². The molecule has 1 aromatic rings. The largest absolute Gasteiger partial charge is 0.494 e. The van der Waals surface area contributed by atoms with Crippen LogP contribution in [0.15, 0.2) is 18.2 Å². The second-order valence-corrected chi connectivity index (χ2v) is 3.77. The normalized spacial score (nSPS) is 18.5. The smallest absolute Gasteiger partial charge is 0.232 e. The van der Waals surface area contributed by atoms with Crippen LogP contribution in [0.4, 0.5) is 5.69 Å². The lowest BCUT2D eigenvalue weighted by molar-refractivity contribution is -0.116. The van der Waals surface area contributed by atoms with Crippen LogP contribution in [0.3, 0.4) is 0 Å². The topological polar surface area (TPSA) is 38.3 Å². The molecule has 1 N–H and O–H groups in total. The lowest BCUT2D eigenvalue weighted by Crippen LogP contribution is -2.12. The summed E-state index contributed by atoms with van der Waals surface area (Å²) in [6.07, 6.45) is 0. The van der Waals surface area contributed by atoms with Gasteiger partial charge in [-0.25, -0.2) is 0 Å². The molecule has 1 amide bonds. The van der Waals surface area contributed by atoms with Crippen molar-refractivity contribution in [2.75, 3.05) is 17.7 Å². The molecule has 0 saturated carbocycles. The summed E-state index contributed by atoms with van der Waals surface area (Å²) in [5, 5.41) is 2.82. The zero-order valence-electron chi connectivity index (χ0n) is 8.49. The van der Waals surface area contributed by atoms with Gasteiger partial charge >= 0.3 is 0 Å². The molecule has 0 aliphatic carbocycles. The molecule has 0 aromatic heterocycles. The molecule has 1 atom stereocenters. The van der Waals surface area contributed by atoms with Gasteiger partial charge in [-0.2, -0.15) is 12.6 Å². The highest BCUT2D eigenvalue weighted by atomic mass is 32.1. The maximum absolute atomic E-state index is 11.5. The van der Waals surface area contributed by atoms with Crippen LogP contribution in [0.5, 0.6) is 5.75 Å². The summed E-state index contributed by atoms with van der Waals surface area (Å²) in [4.78, 5) is 11.5. The second kappa shape index (κ2) is 4.14. The number of amides is 1. The number of hydrogen-bond donors (Lipinski definition) is 2. The van der Waals surface area contributed by atoms with Gasteiger partial charge < -0.3 is 10.1 Å². The standard InChI is InChI=1S/C11H13NO2S/c1-2-14-7-3-4-10-8(5-7)9(6-15)11(13)12-10/h3-5,9,15H,2,6H2,1H3,(H,12,13). The average molecular weight is 223 g/mol. The highest BCUT2D eigenvalue weighted by molar-refractivity contribution is 7.80. The van der Waals surface area contributed by atoms with Crippen molar-refractivity contribution in [3.05, 3.63) is 23.8 Å². The Kier molecular flexibility index (Phi) is 2.86. The molecule has 80 valence electrons. The van der Waals surface area contributed by atoms with Crippen molar-refractivity contribution >= 4 is 24.2 Å². The summed E-state index contributed by atoms with van der Waals surface area (Å²) in [7, 11) is 0. The Labute approximate surface area is 94.2 Å². The Hall–Kier alpha value is -1.16. The van der Waals surface area contributed by atoms with Crippen LogP contribution in [0, 0.1) is 0 Å². The first-order valence-electron chi connectivity index (χ1n) is 4.94. The molecular weight excluding hydrogens is 210 g/mol. The fourth-order valence-corrected chi connectivity index (χ4v) is 2.10. The predicted molar refractivity (Wildman–Crippen MR) is 62.8 cm³/mol. The molecule has 1 aliphatic rings. The van der Waals surface area contributed by atoms with Gasteiger partial charge in [-0.1, -0.05) is 0 Å². The van der Waals surface area contributed by atoms with Crippen LogP contribution in [-0.4, -0.2) is 18.3 Å². The van der Waals surface area contributed by atoms with E-state index in [9.17, 15) is 4.79 Å². The Balaban J connectivity index is 2.35. The molecule has 1 aromatic carbocycles. The van der Waals surface area contributed by atoms with E-state index in [0.717, 1.165) is 17.0 Å². The SMILES string of the molecule is CCOc1ccc2c(c1)C(CS)C(=O)N2. The summed E-state index contributed by atoms with van der Waals surface area (Å²) >= 11 is 4.18. The third kappa shape index (κ3) is 1.81. The number of nitrogens with one attached hydrogen (secondary N) is 1. The minimum absolute atomic E-state index is 0.0219. The number of rotatable bonds is 3. The van der Waals surface area contributed by atoms with Gasteiger partial charge in [0, 0.05) is 11.4 Å². The van der Waals surface area contributed by atoms with Gasteiger partial charge in [-0.05, 0) is 30.7 Å². The van der Waals surface area contributed by atoms with E-state index in [1.807, 2.05) is 25.1 Å². The van der Waals surface area contributed by atoms with E-state index in [4.69, 9.17) is 4.74 Å². The first kappa shape index (κ1) is 10.4. The van der Waals surface area contributed by atoms with Crippen molar-refractivity contribution in [3.8, 4) is 5.75 Å². The molecule has 0 radical (unpaired) electrons. The number of carbonyl (C=O) groups is 1. The molecule has 0 fully saturated rings. The zero-order valence-corrected chi connectivity index (χ0v) is 9.38. The van der Waals surface area contributed by atoms with Crippen LogP contribution < -0.4 is 10.1 Å². The first-order valence-corrected chi connectivity index (χ1v) is 5.58. The number of carbonyl (C=O) groups excluding carboxylic acids is 1. The molecule has 15 heavy (non-hydrogen) atoms. The predicted octanol–water partition coefficient (Wildman–Crippen LogP) is 2.05. The van der Waals surface area contributed by atoms with E-state index in [1.54, 1.807) is 0 Å². The molecule has 0 bridgehead atoms. The molecular formula is C11H13NO2S. The number of thiol groups is 1. The number of benzene rings is 1. The van der Waals surface area contributed by atoms with E-state index in [1.165, 1.54) is 0 Å². The number of hydrogen-bond acceptors (Lipinski definition) is 3. The van der Waals surface area contributed by atoms with Gasteiger partial charge in [0.2, 0.25) is 5.91 Å². The van der Waals surface area contributed by atoms with E-state index < -0.39 is 0 Å². The lowest BCUT2D eigenvalue weighted by atomic mass is 10.0. The highest BCUT2D eigenvalue weighted by Gasteiger charge is 2.29. The monoisotopic (exact) mass is 223 g/mol. The van der Waals surface area contributed by atoms with Crippen molar-refractivity contribution in [3.63, 3.8) is 0 Å². The van der Waals surface area contributed by atoms with Gasteiger partial charge in [0.25, 0.3) is 0 Å². The maximum atomic E-state index is 11.5. The molecule has 2 rings (SSSR count). The maximum Gasteiger partial charge on any atom is 0.232 e. The minimum atomic E-state index is -0.149. The summed E-state index contributed by atoms with van der Waals surface area (Å²) in [6, 6.07) is 5.66. The van der Waals surface area contributed by atoms with Crippen molar-refractivity contribution in [1.29, 1.82) is 0 Å². The molecule has 4 heteroatoms. The quantitative estimate of drug-likeness (QED) is 0.770. The molecule has 1 aliphatic heterocycles. The van der Waals surface area contributed by atoms with Crippen LogP contribution in [0.2, 0.25) is 0 Å². The molecule has 1 heterocycles. The number of fused-ring (bicyclic) bond motifs is 1. The van der Waals surface area contributed by atoms with Crippen LogP contribution in [0.25, 0.3) is 0 Å². The Morgan fingerprint density at radius 1 is 1.53 bits per heavy atom. The second-order valence-electron chi connectivity index (χ2n) is 3.41. The molecule has 3 nitrogen and oxygen atoms in total. The van der Waals surface area contributed by atoms with Crippen molar-refractivity contribution < 1.29 is 9.53 Å². The zero-order chi connectivity index (χ0) is 10.8. The number of ether oxygens (including phenoxy) is 1. The fraction of sp³-hybridized carbons (Fsp3) is 0.364. The van der Waals surface area contributed by atoms with Crippen LogP contribution in [0.1, 0.15) is 18.4 Å². The van der Waals surface area contributed by atoms with Gasteiger partial charge in [0.05, 0.1) is 12.5 Å². The Bertz CT molecular complexity index is 392. The molecule has 0 spiro atoms. The highest BCUT2D eigenvalue weighted by Crippen LogP contribution is 2.35. The third-order valence-corrected chi connectivity index (χ3v) is 2.83. The van der Waals surface area contributed by atoms with E-state index in [2.05, 4.69) is 17.9 Å². The molecule has 1 unspecified atom stereocenters. The summed E-state index contributed by atoms with van der Waals surface area (Å²) < 4.78 is 5.40. The van der Waals surface area contributed by atoms with Gasteiger partial charge in [0.1, 0.15) is 5.75 Å². The fourth-order valence-electron chi connectivity index (χ4n) is 1.74. The van der Waals surface area contributed by atoms with E-state index in [-0.39, 0.29) is 11.8 Å². The summed E-state index contributed by atoms with van der Waals surface area (Å²) in [6.45, 7) is 2.57. The first-order chi connectivity index (χ1) is 7.26. The summed E-state index contributed by atoms with van der Waals surface area (Å²) in [5.74, 6) is 1.20. The lowest BCUT2D eigenvalue weighted by Gasteiger charge is -2.07. The van der Waals surface area contributed by atoms with Crippen molar-refractivity contribution in [1.82, 2.24) is 0 Å². The third-order valence-electron chi connectivity index (χ3n) is 2.47. The van der Waals surface area contributed by atoms with Crippen molar-refractivity contribution in [2.24, 2.45) is 0 Å². The van der Waals surface area contributed by atoms with E-state index in [0.29, 0.717) is 12.4 Å². The van der Waals surface area contributed by atoms with Gasteiger partial charge in [0.15, 0.2) is 0 Å².